The van der Waals surface area contributed by atoms with Gasteiger partial charge in [0.15, 0.2) is 0 Å². The SMILES string of the molecule is CC(=O)N1CCN(C(=O)C2(Nc3ccc(F)c(Cl)c3)CCCC(N)C2)CC1. The van der Waals surface area contributed by atoms with Gasteiger partial charge in [0.05, 0.1) is 5.02 Å². The van der Waals surface area contributed by atoms with Gasteiger partial charge in [-0.3, -0.25) is 9.59 Å². The van der Waals surface area contributed by atoms with Gasteiger partial charge in [0, 0.05) is 44.8 Å². The van der Waals surface area contributed by atoms with Gasteiger partial charge in [-0.1, -0.05) is 11.6 Å². The topological polar surface area (TPSA) is 78.7 Å². The number of benzene rings is 1. The standard InChI is InChI=1S/C19H26ClFN4O2/c1-13(26)24-7-9-25(10-8-24)18(27)19(6-2-3-14(22)12-19)23-15-4-5-17(21)16(20)11-15/h4-5,11,14,23H,2-3,6-10,12,22H2,1H3. The molecule has 1 heterocycles. The number of hydrogen-bond acceptors (Lipinski definition) is 4. The first kappa shape index (κ1) is 19.9. The number of rotatable bonds is 3. The molecule has 6 nitrogen and oxygen atoms in total. The molecular weight excluding hydrogens is 371 g/mol. The fourth-order valence-corrected chi connectivity index (χ4v) is 4.24. The van der Waals surface area contributed by atoms with Crippen molar-refractivity contribution in [3.05, 3.63) is 29.0 Å². The van der Waals surface area contributed by atoms with Crippen molar-refractivity contribution in [2.24, 2.45) is 5.73 Å². The lowest BCUT2D eigenvalue weighted by Crippen LogP contribution is -2.61. The first-order chi connectivity index (χ1) is 12.8. The Labute approximate surface area is 163 Å². The Morgan fingerprint density at radius 3 is 2.52 bits per heavy atom. The maximum Gasteiger partial charge on any atom is 0.248 e. The Balaban J connectivity index is 1.81. The molecule has 1 aromatic rings. The molecule has 0 aromatic heterocycles. The number of nitrogens with zero attached hydrogens (tertiary/aromatic N) is 2. The predicted octanol–water partition coefficient (Wildman–Crippen LogP) is 2.22. The molecule has 1 aliphatic carbocycles. The van der Waals surface area contributed by atoms with Crippen LogP contribution >= 0.6 is 11.6 Å². The largest absolute Gasteiger partial charge is 0.371 e. The highest BCUT2D eigenvalue weighted by molar-refractivity contribution is 6.31. The molecule has 1 saturated heterocycles. The van der Waals surface area contributed by atoms with Crippen LogP contribution in [0.1, 0.15) is 32.6 Å². The second-order valence-corrected chi connectivity index (χ2v) is 7.90. The van der Waals surface area contributed by atoms with Crippen LogP contribution in [0.4, 0.5) is 10.1 Å². The third-order valence-corrected chi connectivity index (χ3v) is 5.80. The number of amides is 2. The van der Waals surface area contributed by atoms with Crippen LogP contribution in [0.5, 0.6) is 0 Å². The lowest BCUT2D eigenvalue weighted by molar-refractivity contribution is -0.142. The van der Waals surface area contributed by atoms with Gasteiger partial charge >= 0.3 is 0 Å². The van der Waals surface area contributed by atoms with E-state index in [1.54, 1.807) is 22.8 Å². The van der Waals surface area contributed by atoms with Gasteiger partial charge in [-0.25, -0.2) is 4.39 Å². The van der Waals surface area contributed by atoms with Gasteiger partial charge in [-0.2, -0.15) is 0 Å². The fourth-order valence-electron chi connectivity index (χ4n) is 4.06. The first-order valence-electron chi connectivity index (χ1n) is 9.34. The summed E-state index contributed by atoms with van der Waals surface area (Å²) in [5.74, 6) is -0.486. The van der Waals surface area contributed by atoms with E-state index in [4.69, 9.17) is 17.3 Å². The highest BCUT2D eigenvalue weighted by Crippen LogP contribution is 2.34. The summed E-state index contributed by atoms with van der Waals surface area (Å²) in [4.78, 5) is 28.5. The highest BCUT2D eigenvalue weighted by Gasteiger charge is 2.45. The molecule has 2 unspecified atom stereocenters. The Kier molecular flexibility index (Phi) is 5.91. The van der Waals surface area contributed by atoms with Crippen molar-refractivity contribution in [2.75, 3.05) is 31.5 Å². The van der Waals surface area contributed by atoms with E-state index < -0.39 is 11.4 Å². The molecule has 8 heteroatoms. The van der Waals surface area contributed by atoms with E-state index in [0.29, 0.717) is 44.7 Å². The minimum atomic E-state index is -0.836. The second kappa shape index (κ2) is 8.02. The molecule has 1 saturated carbocycles. The van der Waals surface area contributed by atoms with Crippen LogP contribution in [0, 0.1) is 5.82 Å². The van der Waals surface area contributed by atoms with Crippen LogP contribution in [-0.4, -0.2) is 59.4 Å². The molecule has 0 bridgehead atoms. The number of nitrogens with one attached hydrogen (secondary N) is 1. The smallest absolute Gasteiger partial charge is 0.248 e. The molecule has 1 aliphatic heterocycles. The molecule has 2 fully saturated rings. The average molecular weight is 397 g/mol. The maximum atomic E-state index is 13.5. The monoisotopic (exact) mass is 396 g/mol. The quantitative estimate of drug-likeness (QED) is 0.821. The minimum absolute atomic E-state index is 0.0118. The summed E-state index contributed by atoms with van der Waals surface area (Å²) < 4.78 is 13.5. The molecule has 0 spiro atoms. The third-order valence-electron chi connectivity index (χ3n) is 5.51. The van der Waals surface area contributed by atoms with Crippen molar-refractivity contribution in [1.82, 2.24) is 9.80 Å². The van der Waals surface area contributed by atoms with Crippen molar-refractivity contribution in [2.45, 2.75) is 44.2 Å². The zero-order chi connectivity index (χ0) is 19.6. The molecule has 27 heavy (non-hydrogen) atoms. The predicted molar refractivity (Wildman–Crippen MR) is 103 cm³/mol. The number of anilines is 1. The highest BCUT2D eigenvalue weighted by atomic mass is 35.5. The molecule has 2 atom stereocenters. The summed E-state index contributed by atoms with van der Waals surface area (Å²) in [5, 5.41) is 3.33. The molecule has 2 amide bonds. The van der Waals surface area contributed by atoms with Gasteiger partial charge in [-0.05, 0) is 43.9 Å². The van der Waals surface area contributed by atoms with Gasteiger partial charge in [-0.15, -0.1) is 0 Å². The molecule has 2 aliphatic rings. The van der Waals surface area contributed by atoms with Crippen molar-refractivity contribution in [1.29, 1.82) is 0 Å². The molecule has 0 radical (unpaired) electrons. The number of hydrogen-bond donors (Lipinski definition) is 2. The summed E-state index contributed by atoms with van der Waals surface area (Å²) in [6, 6.07) is 4.30. The van der Waals surface area contributed by atoms with Gasteiger partial charge < -0.3 is 20.9 Å². The summed E-state index contributed by atoms with van der Waals surface area (Å²) in [6.07, 6.45) is 2.87. The Morgan fingerprint density at radius 1 is 1.26 bits per heavy atom. The van der Waals surface area contributed by atoms with Gasteiger partial charge in [0.1, 0.15) is 11.4 Å². The molecular formula is C19H26ClFN4O2. The molecule has 148 valence electrons. The van der Waals surface area contributed by atoms with Crippen molar-refractivity contribution >= 4 is 29.1 Å². The summed E-state index contributed by atoms with van der Waals surface area (Å²) in [6.45, 7) is 3.61. The lowest BCUT2D eigenvalue weighted by atomic mass is 9.77. The van der Waals surface area contributed by atoms with Crippen LogP contribution < -0.4 is 11.1 Å². The van der Waals surface area contributed by atoms with Gasteiger partial charge in [0.2, 0.25) is 11.8 Å². The molecule has 3 rings (SSSR count). The normalized spacial score (nSPS) is 26.0. The van der Waals surface area contributed by atoms with E-state index in [1.165, 1.54) is 12.1 Å². The van der Waals surface area contributed by atoms with Crippen LogP contribution in [-0.2, 0) is 9.59 Å². The van der Waals surface area contributed by atoms with Gasteiger partial charge in [0.25, 0.3) is 0 Å². The van der Waals surface area contributed by atoms with Crippen LogP contribution in [0.3, 0.4) is 0 Å². The van der Waals surface area contributed by atoms with Crippen LogP contribution in [0.25, 0.3) is 0 Å². The van der Waals surface area contributed by atoms with E-state index in [1.807, 2.05) is 0 Å². The number of halogens is 2. The first-order valence-corrected chi connectivity index (χ1v) is 9.72. The minimum Gasteiger partial charge on any atom is -0.371 e. The fraction of sp³-hybridized carbons (Fsp3) is 0.579. The summed E-state index contributed by atoms with van der Waals surface area (Å²) in [7, 11) is 0. The summed E-state index contributed by atoms with van der Waals surface area (Å²) >= 11 is 5.91. The zero-order valence-corrected chi connectivity index (χ0v) is 16.3. The number of piperazine rings is 1. The zero-order valence-electron chi connectivity index (χ0n) is 15.5. The van der Waals surface area contributed by atoms with Crippen LogP contribution in [0.15, 0.2) is 18.2 Å². The van der Waals surface area contributed by atoms with E-state index in [2.05, 4.69) is 5.32 Å². The van der Waals surface area contributed by atoms with Crippen molar-refractivity contribution in [3.63, 3.8) is 0 Å². The molecule has 3 N–H and O–H groups in total. The number of nitrogens with two attached hydrogens (primary N) is 1. The van der Waals surface area contributed by atoms with E-state index >= 15 is 0 Å². The Morgan fingerprint density at radius 2 is 1.93 bits per heavy atom. The number of carbonyl (C=O) groups excluding carboxylic acids is 2. The van der Waals surface area contributed by atoms with Crippen molar-refractivity contribution < 1.29 is 14.0 Å². The van der Waals surface area contributed by atoms with E-state index in [-0.39, 0.29) is 22.9 Å². The van der Waals surface area contributed by atoms with E-state index in [9.17, 15) is 14.0 Å². The third kappa shape index (κ3) is 4.35. The Hall–Kier alpha value is -1.86. The lowest BCUT2D eigenvalue weighted by Gasteiger charge is -2.45. The molecule has 1 aromatic carbocycles. The number of carbonyl (C=O) groups is 2. The Bertz CT molecular complexity index is 724. The average Bonchev–Trinajstić information content (AvgIpc) is 2.64. The second-order valence-electron chi connectivity index (χ2n) is 7.49. The maximum absolute atomic E-state index is 13.5. The van der Waals surface area contributed by atoms with Crippen LogP contribution in [0.2, 0.25) is 5.02 Å². The van der Waals surface area contributed by atoms with E-state index in [0.717, 1.165) is 12.8 Å². The summed E-state index contributed by atoms with van der Waals surface area (Å²) in [5.41, 5.74) is 5.96. The van der Waals surface area contributed by atoms with Crippen molar-refractivity contribution in [3.8, 4) is 0 Å².